The molecule has 2 aromatic rings. The standard InChI is InChI=1S/C20H25N3O3/c1-13-4-2-3-5-23(13)16-10-22(11-16)9-15-6-14-7-18-19(26-12-25-18)8-17(14)21-20(15)24/h6-8,13,16H,2-5,9-12H2,1H3,(H,21,24)/t13-/m0/s1. The largest absolute Gasteiger partial charge is 0.454 e. The van der Waals surface area contributed by atoms with Crippen molar-refractivity contribution in [2.45, 2.75) is 44.8 Å². The van der Waals surface area contributed by atoms with E-state index in [0.717, 1.165) is 35.3 Å². The Hall–Kier alpha value is -2.05. The summed E-state index contributed by atoms with van der Waals surface area (Å²) in [4.78, 5) is 20.5. The molecule has 26 heavy (non-hydrogen) atoms. The van der Waals surface area contributed by atoms with E-state index in [0.29, 0.717) is 24.4 Å². The van der Waals surface area contributed by atoms with Gasteiger partial charge in [-0.05, 0) is 38.4 Å². The van der Waals surface area contributed by atoms with Gasteiger partial charge in [-0.25, -0.2) is 0 Å². The summed E-state index contributed by atoms with van der Waals surface area (Å²) in [5, 5.41) is 0.991. The number of ether oxygens (including phenoxy) is 2. The smallest absolute Gasteiger partial charge is 0.252 e. The Bertz CT molecular complexity index is 888. The molecular formula is C20H25N3O3. The average molecular weight is 355 g/mol. The molecule has 2 saturated heterocycles. The molecule has 0 spiro atoms. The van der Waals surface area contributed by atoms with Crippen molar-refractivity contribution in [3.8, 4) is 11.5 Å². The number of hydrogen-bond acceptors (Lipinski definition) is 5. The maximum absolute atomic E-state index is 12.5. The fraction of sp³-hybridized carbons (Fsp3) is 0.550. The molecule has 6 heteroatoms. The highest BCUT2D eigenvalue weighted by Crippen LogP contribution is 2.35. The fourth-order valence-electron chi connectivity index (χ4n) is 4.54. The number of nitrogens with one attached hydrogen (secondary N) is 1. The predicted molar refractivity (Wildman–Crippen MR) is 99.8 cm³/mol. The van der Waals surface area contributed by atoms with Crippen LogP contribution in [0, 0.1) is 0 Å². The van der Waals surface area contributed by atoms with Crippen LogP contribution in [0.15, 0.2) is 23.0 Å². The fourth-order valence-corrected chi connectivity index (χ4v) is 4.54. The first-order valence-corrected chi connectivity index (χ1v) is 9.61. The van der Waals surface area contributed by atoms with Crippen LogP contribution in [0.3, 0.4) is 0 Å². The summed E-state index contributed by atoms with van der Waals surface area (Å²) in [5.74, 6) is 1.45. The van der Waals surface area contributed by atoms with Gasteiger partial charge in [0.1, 0.15) is 0 Å². The lowest BCUT2D eigenvalue weighted by Gasteiger charge is -2.49. The minimum Gasteiger partial charge on any atom is -0.454 e. The second-order valence-corrected chi connectivity index (χ2v) is 7.85. The zero-order chi connectivity index (χ0) is 17.7. The molecule has 0 aliphatic carbocycles. The summed E-state index contributed by atoms with van der Waals surface area (Å²) in [5.41, 5.74) is 1.61. The van der Waals surface area contributed by atoms with E-state index in [1.807, 2.05) is 18.2 Å². The molecule has 4 heterocycles. The Morgan fingerprint density at radius 3 is 2.77 bits per heavy atom. The predicted octanol–water partition coefficient (Wildman–Crippen LogP) is 2.32. The molecule has 0 radical (unpaired) electrons. The lowest BCUT2D eigenvalue weighted by molar-refractivity contribution is -0.00635. The van der Waals surface area contributed by atoms with E-state index in [1.54, 1.807) is 0 Å². The van der Waals surface area contributed by atoms with E-state index < -0.39 is 0 Å². The van der Waals surface area contributed by atoms with Crippen molar-refractivity contribution in [1.82, 2.24) is 14.8 Å². The van der Waals surface area contributed by atoms with Crippen molar-refractivity contribution in [3.63, 3.8) is 0 Å². The lowest BCUT2D eigenvalue weighted by atomic mass is 9.97. The zero-order valence-electron chi connectivity index (χ0n) is 15.2. The molecule has 1 aromatic heterocycles. The maximum Gasteiger partial charge on any atom is 0.252 e. The number of hydrogen-bond donors (Lipinski definition) is 1. The van der Waals surface area contributed by atoms with Gasteiger partial charge >= 0.3 is 0 Å². The van der Waals surface area contributed by atoms with Gasteiger partial charge in [0.05, 0.1) is 5.52 Å². The topological polar surface area (TPSA) is 57.8 Å². The van der Waals surface area contributed by atoms with Gasteiger partial charge in [-0.15, -0.1) is 0 Å². The molecule has 0 unspecified atom stereocenters. The highest BCUT2D eigenvalue weighted by Gasteiger charge is 2.35. The first-order chi connectivity index (χ1) is 12.7. The third kappa shape index (κ3) is 2.77. The third-order valence-electron chi connectivity index (χ3n) is 6.07. The van der Waals surface area contributed by atoms with E-state index in [-0.39, 0.29) is 12.4 Å². The summed E-state index contributed by atoms with van der Waals surface area (Å²) >= 11 is 0. The first-order valence-electron chi connectivity index (χ1n) is 9.61. The highest BCUT2D eigenvalue weighted by atomic mass is 16.7. The summed E-state index contributed by atoms with van der Waals surface area (Å²) in [7, 11) is 0. The molecule has 0 bridgehead atoms. The number of aromatic amines is 1. The van der Waals surface area contributed by atoms with E-state index in [1.165, 1.54) is 25.8 Å². The van der Waals surface area contributed by atoms with Crippen LogP contribution in [0.2, 0.25) is 0 Å². The number of nitrogens with zero attached hydrogens (tertiary/aromatic N) is 2. The van der Waals surface area contributed by atoms with Crippen molar-refractivity contribution in [2.24, 2.45) is 0 Å². The zero-order valence-corrected chi connectivity index (χ0v) is 15.2. The summed E-state index contributed by atoms with van der Waals surface area (Å²) < 4.78 is 10.8. The number of benzene rings is 1. The van der Waals surface area contributed by atoms with Gasteiger partial charge in [-0.2, -0.15) is 0 Å². The minimum atomic E-state index is -0.00819. The van der Waals surface area contributed by atoms with Gasteiger partial charge in [0.15, 0.2) is 11.5 Å². The van der Waals surface area contributed by atoms with Crippen LogP contribution in [-0.2, 0) is 6.54 Å². The second-order valence-electron chi connectivity index (χ2n) is 7.85. The summed E-state index contributed by atoms with van der Waals surface area (Å²) in [6.45, 7) is 6.64. The van der Waals surface area contributed by atoms with Crippen LogP contribution in [0.5, 0.6) is 11.5 Å². The minimum absolute atomic E-state index is 0.00819. The molecule has 138 valence electrons. The Labute approximate surface area is 152 Å². The van der Waals surface area contributed by atoms with Gasteiger partial charge in [0.25, 0.3) is 5.56 Å². The Balaban J connectivity index is 1.30. The van der Waals surface area contributed by atoms with E-state index in [9.17, 15) is 4.79 Å². The second kappa shape index (κ2) is 6.28. The van der Waals surface area contributed by atoms with E-state index in [2.05, 4.69) is 21.7 Å². The number of rotatable bonds is 3. The quantitative estimate of drug-likeness (QED) is 0.916. The van der Waals surface area contributed by atoms with Crippen LogP contribution >= 0.6 is 0 Å². The Morgan fingerprint density at radius 1 is 1.15 bits per heavy atom. The summed E-state index contributed by atoms with van der Waals surface area (Å²) in [6, 6.07) is 7.14. The van der Waals surface area contributed by atoms with Gasteiger partial charge in [0, 0.05) is 48.7 Å². The van der Waals surface area contributed by atoms with Gasteiger partial charge < -0.3 is 14.5 Å². The molecule has 3 aliphatic heterocycles. The monoisotopic (exact) mass is 355 g/mol. The molecule has 0 amide bonds. The number of H-pyrrole nitrogens is 1. The van der Waals surface area contributed by atoms with Crippen molar-refractivity contribution >= 4 is 10.9 Å². The average Bonchev–Trinajstić information content (AvgIpc) is 3.04. The van der Waals surface area contributed by atoms with Crippen LogP contribution in [0.25, 0.3) is 10.9 Å². The van der Waals surface area contributed by atoms with Gasteiger partial charge in [-0.1, -0.05) is 6.42 Å². The number of piperidine rings is 1. The van der Waals surface area contributed by atoms with Gasteiger partial charge in [-0.3, -0.25) is 14.6 Å². The van der Waals surface area contributed by atoms with E-state index in [4.69, 9.17) is 9.47 Å². The molecule has 1 N–H and O–H groups in total. The van der Waals surface area contributed by atoms with Crippen molar-refractivity contribution in [2.75, 3.05) is 26.4 Å². The number of aromatic nitrogens is 1. The van der Waals surface area contributed by atoms with Gasteiger partial charge in [0.2, 0.25) is 6.79 Å². The molecule has 2 fully saturated rings. The van der Waals surface area contributed by atoms with Crippen molar-refractivity contribution < 1.29 is 9.47 Å². The molecule has 0 saturated carbocycles. The SMILES string of the molecule is C[C@H]1CCCCN1C1CN(Cc2cc3cc4c(cc3[nH]c2=O)OCO4)C1. The van der Waals surface area contributed by atoms with Crippen LogP contribution < -0.4 is 15.0 Å². The normalized spacial score (nSPS) is 24.1. The summed E-state index contributed by atoms with van der Waals surface area (Å²) in [6.07, 6.45) is 4.00. The van der Waals surface area contributed by atoms with E-state index >= 15 is 0 Å². The molecule has 5 rings (SSSR count). The number of fused-ring (bicyclic) bond motifs is 2. The van der Waals surface area contributed by atoms with Crippen LogP contribution in [0.4, 0.5) is 0 Å². The lowest BCUT2D eigenvalue weighted by Crippen LogP contribution is -2.61. The molecule has 1 atom stereocenters. The van der Waals surface area contributed by atoms with Crippen LogP contribution in [0.1, 0.15) is 31.7 Å². The Kier molecular flexibility index (Phi) is 3.90. The maximum atomic E-state index is 12.5. The Morgan fingerprint density at radius 2 is 1.96 bits per heavy atom. The molecule has 6 nitrogen and oxygen atoms in total. The van der Waals surface area contributed by atoms with Crippen molar-refractivity contribution in [3.05, 3.63) is 34.1 Å². The highest BCUT2D eigenvalue weighted by molar-refractivity contribution is 5.83. The van der Waals surface area contributed by atoms with Crippen molar-refractivity contribution in [1.29, 1.82) is 0 Å². The number of likely N-dealkylation sites (tertiary alicyclic amines) is 2. The number of pyridine rings is 1. The molecule has 1 aromatic carbocycles. The molecular weight excluding hydrogens is 330 g/mol. The third-order valence-corrected chi connectivity index (χ3v) is 6.07. The first kappa shape index (κ1) is 16.1. The molecule has 3 aliphatic rings. The van der Waals surface area contributed by atoms with Crippen LogP contribution in [-0.4, -0.2) is 53.3 Å².